The number of epoxide rings is 1. The van der Waals surface area contributed by atoms with Gasteiger partial charge in [0.05, 0.1) is 49.8 Å². The Morgan fingerprint density at radius 1 is 1.04 bits per heavy atom. The summed E-state index contributed by atoms with van der Waals surface area (Å²) in [5.74, 6) is -2.31. The number of allylic oxidation sites excluding steroid dienone is 3. The third-order valence-electron chi connectivity index (χ3n) is 14.4. The van der Waals surface area contributed by atoms with Gasteiger partial charge in [0.25, 0.3) is 0 Å². The zero-order valence-electron chi connectivity index (χ0n) is 45.7. The van der Waals surface area contributed by atoms with Gasteiger partial charge in [0.2, 0.25) is 17.7 Å². The van der Waals surface area contributed by atoms with Gasteiger partial charge in [-0.3, -0.25) is 19.7 Å². The summed E-state index contributed by atoms with van der Waals surface area (Å²) in [5, 5.41) is 17.5. The van der Waals surface area contributed by atoms with Gasteiger partial charge in [0, 0.05) is 67.3 Å². The average Bonchev–Trinajstić information content (AvgIpc) is 4.19. The van der Waals surface area contributed by atoms with Gasteiger partial charge in [0.1, 0.15) is 53.4 Å². The average molecular weight is 1170 g/mol. The van der Waals surface area contributed by atoms with Crippen molar-refractivity contribution in [3.63, 3.8) is 0 Å². The fourth-order valence-corrected chi connectivity index (χ4v) is 9.80. The van der Waals surface area contributed by atoms with E-state index in [1.165, 1.54) is 57.0 Å². The lowest BCUT2D eigenvalue weighted by Gasteiger charge is -2.42. The number of benzene rings is 1. The van der Waals surface area contributed by atoms with E-state index in [1.807, 2.05) is 25.2 Å². The molecule has 77 heavy (non-hydrogen) atoms. The second-order valence-corrected chi connectivity index (χ2v) is 21.0. The lowest BCUT2D eigenvalue weighted by atomic mass is 9.83. The number of carbonyl (C=O) groups is 7. The summed E-state index contributed by atoms with van der Waals surface area (Å²) in [6.45, 7) is 7.51. The van der Waals surface area contributed by atoms with Gasteiger partial charge in [-0.25, -0.2) is 19.2 Å². The van der Waals surface area contributed by atoms with E-state index in [9.17, 15) is 38.7 Å². The van der Waals surface area contributed by atoms with Gasteiger partial charge in [-0.05, 0) is 76.6 Å². The van der Waals surface area contributed by atoms with Crippen molar-refractivity contribution in [3.8, 4) is 5.75 Å². The molecule has 6 amide bonds. The number of alkyl halides is 1. The van der Waals surface area contributed by atoms with Crippen LogP contribution < -0.4 is 20.3 Å². The zero-order chi connectivity index (χ0) is 56.8. The molecule has 3 aliphatic heterocycles. The van der Waals surface area contributed by atoms with Crippen molar-refractivity contribution in [1.82, 2.24) is 25.3 Å². The maximum Gasteiger partial charge on any atom is 0.410 e. The number of halogens is 2. The molecule has 0 radical (unpaired) electrons. The summed E-state index contributed by atoms with van der Waals surface area (Å²) in [7, 11) is 8.85. The molecule has 3 unspecified atom stereocenters. The molecule has 10 atom stereocenters. The Hall–Kier alpha value is -5.46. The standard InChI is InChI=1S/C53H76BrClN6O16/c1-32-14-11-19-41(71-10)53(69)30-40(75-49(66)57-53)33(2)47-52(4,77-47)42(29-45(64)61(8)38-27-35(26-32)28-39(70-9)46(38)55)76-48(65)34(3)60(7)44(63)20-24-73-50(67)58(5)22-23-59(6)51(68)74-37-17-12-15-36(16-13-18-37)72-25-21-56-43(62)31-54/h11-12,14,17,19,27-28,33-34,36-37,40-42,47,69H,13,15-16,18,20-26,29-31H2,1-10H3,(H,56,62)(H,57,66)/b17-12+,19-11+,32-14+/t33-,34+,36?,37?,40+,41-,42+,47?,52+,53+/m1/s1. The predicted molar refractivity (Wildman–Crippen MR) is 287 cm³/mol. The number of ether oxygens (including phenoxy) is 8. The lowest BCUT2D eigenvalue weighted by Crippen LogP contribution is -2.63. The highest BCUT2D eigenvalue weighted by atomic mass is 79.9. The first kappa shape index (κ1) is 62.4. The monoisotopic (exact) mass is 1170 g/mol. The van der Waals surface area contributed by atoms with Crippen molar-refractivity contribution in [2.24, 2.45) is 5.92 Å². The maximum atomic E-state index is 14.4. The molecule has 0 aromatic heterocycles. The van der Waals surface area contributed by atoms with Crippen molar-refractivity contribution in [3.05, 3.63) is 58.7 Å². The topological polar surface area (TPSA) is 254 Å². The molecular formula is C53H76BrClN6O16. The number of aliphatic hydroxyl groups is 1. The van der Waals surface area contributed by atoms with Crippen LogP contribution in [0.25, 0.3) is 0 Å². The predicted octanol–water partition coefficient (Wildman–Crippen LogP) is 5.44. The second-order valence-electron chi connectivity index (χ2n) is 20.1. The minimum Gasteiger partial charge on any atom is -0.495 e. The van der Waals surface area contributed by atoms with Gasteiger partial charge in [-0.1, -0.05) is 64.3 Å². The number of anilines is 1. The Morgan fingerprint density at radius 3 is 2.44 bits per heavy atom. The third kappa shape index (κ3) is 17.0. The number of methoxy groups -OCH3 is 2. The number of alkyl carbamates (subject to hydrolysis) is 1. The van der Waals surface area contributed by atoms with E-state index in [-0.39, 0.29) is 54.9 Å². The number of hydrogen-bond acceptors (Lipinski definition) is 16. The molecule has 22 nitrogen and oxygen atoms in total. The van der Waals surface area contributed by atoms with Crippen molar-refractivity contribution in [1.29, 1.82) is 0 Å². The van der Waals surface area contributed by atoms with Crippen LogP contribution in [0.15, 0.2) is 48.1 Å². The Morgan fingerprint density at radius 2 is 1.75 bits per heavy atom. The SMILES string of the molecule is COc1cc2cc(c1Cl)N(C)C(=O)C[C@H](OC(=O)[C@H](C)N(C)C(=O)CCOC(=O)N(C)CCN(C)C(=O)OC1/C=C/CC(OCCNC(=O)CBr)CCC1)[C@]1(C)OC1[C@H](C)[C@@H]1C[C@@](O)(NC(=O)O1)[C@H](OC)/C=C/C=C(\C)C2. The number of carbonyl (C=O) groups excluding carboxylic acids is 7. The molecule has 2 fully saturated rings. The Balaban J connectivity index is 1.18. The quantitative estimate of drug-likeness (QED) is 0.0439. The molecule has 3 heterocycles. The van der Waals surface area contributed by atoms with Crippen LogP contribution in [0, 0.1) is 5.92 Å². The fraction of sp³-hybridized carbons (Fsp3) is 0.642. The van der Waals surface area contributed by atoms with Gasteiger partial charge < -0.3 is 67.9 Å². The summed E-state index contributed by atoms with van der Waals surface area (Å²) < 4.78 is 46.3. The summed E-state index contributed by atoms with van der Waals surface area (Å²) in [5.41, 5.74) is -1.22. The molecule has 428 valence electrons. The smallest absolute Gasteiger partial charge is 0.410 e. The first-order valence-corrected chi connectivity index (χ1v) is 27.2. The van der Waals surface area contributed by atoms with Gasteiger partial charge in [-0.15, -0.1) is 0 Å². The number of rotatable bonds is 17. The molecule has 1 aromatic carbocycles. The molecular weight excluding hydrogens is 1090 g/mol. The van der Waals surface area contributed by atoms with Crippen LogP contribution in [0.5, 0.6) is 5.75 Å². The number of nitrogens with one attached hydrogen (secondary N) is 2. The molecule has 0 saturated carbocycles. The van der Waals surface area contributed by atoms with Crippen molar-refractivity contribution in [2.45, 2.75) is 133 Å². The minimum atomic E-state index is -1.89. The van der Waals surface area contributed by atoms with Crippen molar-refractivity contribution >= 4 is 75.2 Å². The molecule has 1 aliphatic carbocycles. The van der Waals surface area contributed by atoms with Crippen molar-refractivity contribution in [2.75, 3.05) is 85.5 Å². The van der Waals surface area contributed by atoms with E-state index < -0.39 is 96.3 Å². The molecule has 4 bridgehead atoms. The highest BCUT2D eigenvalue weighted by Crippen LogP contribution is 2.49. The van der Waals surface area contributed by atoms with Crippen LogP contribution in [-0.2, 0) is 58.8 Å². The summed E-state index contributed by atoms with van der Waals surface area (Å²) in [4.78, 5) is 97.3. The fourth-order valence-electron chi connectivity index (χ4n) is 9.29. The van der Waals surface area contributed by atoms with E-state index in [0.717, 1.165) is 28.9 Å². The molecule has 2 saturated heterocycles. The molecule has 4 aliphatic rings. The molecule has 1 aromatic rings. The van der Waals surface area contributed by atoms with Crippen LogP contribution in [0.2, 0.25) is 5.02 Å². The number of nitrogens with zero attached hydrogens (tertiary/aromatic N) is 4. The number of amides is 6. The Kier molecular flexibility index (Phi) is 23.0. The number of likely N-dealkylation sites (N-methyl/N-ethyl adjacent to an activating group) is 3. The van der Waals surface area contributed by atoms with Crippen LogP contribution in [0.4, 0.5) is 20.1 Å². The van der Waals surface area contributed by atoms with E-state index in [4.69, 9.17) is 49.5 Å². The van der Waals surface area contributed by atoms with Crippen LogP contribution in [0.3, 0.4) is 0 Å². The van der Waals surface area contributed by atoms with Crippen LogP contribution in [0.1, 0.15) is 78.2 Å². The van der Waals surface area contributed by atoms with Gasteiger partial charge in [0.15, 0.2) is 5.72 Å². The van der Waals surface area contributed by atoms with E-state index in [1.54, 1.807) is 45.2 Å². The molecule has 24 heteroatoms. The van der Waals surface area contributed by atoms with Gasteiger partial charge >= 0.3 is 24.2 Å². The highest BCUT2D eigenvalue weighted by molar-refractivity contribution is 9.09. The maximum absolute atomic E-state index is 14.4. The van der Waals surface area contributed by atoms with Gasteiger partial charge in [-0.2, -0.15) is 0 Å². The van der Waals surface area contributed by atoms with E-state index in [0.29, 0.717) is 43.9 Å². The second kappa shape index (κ2) is 28.4. The largest absolute Gasteiger partial charge is 0.495 e. The molecule has 5 rings (SSSR count). The Labute approximate surface area is 464 Å². The van der Waals surface area contributed by atoms with Crippen LogP contribution in [-0.4, -0.2) is 196 Å². The normalized spacial score (nSPS) is 28.5. The van der Waals surface area contributed by atoms with Crippen molar-refractivity contribution < 1.29 is 76.6 Å². The third-order valence-corrected chi connectivity index (χ3v) is 15.3. The highest BCUT2D eigenvalue weighted by Gasteiger charge is 2.64. The first-order chi connectivity index (χ1) is 36.4. The zero-order valence-corrected chi connectivity index (χ0v) is 48.0. The number of hydrogen-bond donors (Lipinski definition) is 3. The number of fused-ring (bicyclic) bond motifs is 5. The first-order valence-electron chi connectivity index (χ1n) is 25.7. The molecule has 0 spiro atoms. The number of esters is 1. The summed E-state index contributed by atoms with van der Waals surface area (Å²) >= 11 is 9.92. The van der Waals surface area contributed by atoms with Crippen LogP contribution >= 0.6 is 27.5 Å². The summed E-state index contributed by atoms with van der Waals surface area (Å²) in [6.07, 6.45) is 4.81. The van der Waals surface area contributed by atoms with E-state index in [2.05, 4.69) is 26.6 Å². The summed E-state index contributed by atoms with van der Waals surface area (Å²) in [6, 6.07) is 2.33. The lowest BCUT2D eigenvalue weighted by molar-refractivity contribution is -0.162. The minimum absolute atomic E-state index is 0.00415. The Bertz CT molecular complexity index is 2380. The molecule has 3 N–H and O–H groups in total. The van der Waals surface area contributed by atoms with E-state index >= 15 is 0 Å².